The van der Waals surface area contributed by atoms with Crippen molar-refractivity contribution < 1.29 is 9.30 Å². The van der Waals surface area contributed by atoms with Crippen molar-refractivity contribution in [3.8, 4) is 0 Å². The molecule has 0 saturated heterocycles. The summed E-state index contributed by atoms with van der Waals surface area (Å²) >= 11 is 0. The normalized spacial score (nSPS) is 12.4. The van der Waals surface area contributed by atoms with Gasteiger partial charge in [-0.15, -0.1) is 0 Å². The molecule has 0 aliphatic heterocycles. The summed E-state index contributed by atoms with van der Waals surface area (Å²) in [6.45, 7) is 2.44. The van der Waals surface area contributed by atoms with Gasteiger partial charge in [-0.05, 0) is 18.3 Å². The van der Waals surface area contributed by atoms with E-state index < -0.39 is 7.14 Å². The monoisotopic (exact) mass is 286 g/mol. The zero-order valence-corrected chi connectivity index (χ0v) is 12.7. The summed E-state index contributed by atoms with van der Waals surface area (Å²) in [7, 11) is -1.11. The number of benzene rings is 2. The summed E-state index contributed by atoms with van der Waals surface area (Å²) in [5.74, 6) is 1.86. The van der Waals surface area contributed by atoms with E-state index in [-0.39, 0.29) is 0 Å². The highest BCUT2D eigenvalue weighted by molar-refractivity contribution is 7.81. The fourth-order valence-corrected chi connectivity index (χ4v) is 4.69. The summed E-state index contributed by atoms with van der Waals surface area (Å²) in [5, 5.41) is 1.70. The molecule has 0 atom stereocenters. The summed E-state index contributed by atoms with van der Waals surface area (Å²) in [6, 6.07) is 19.2. The first-order chi connectivity index (χ1) is 9.66. The quantitative estimate of drug-likeness (QED) is 0.786. The van der Waals surface area contributed by atoms with E-state index in [1.807, 2.05) is 73.4 Å². The molecule has 0 N–H and O–H groups in total. The van der Waals surface area contributed by atoms with Gasteiger partial charge in [0.15, 0.2) is 7.14 Å². The number of hydrogen-bond acceptors (Lipinski definition) is 2. The minimum Gasteiger partial charge on any atom is -0.380 e. The minimum atomic E-state index is -2.75. The lowest BCUT2D eigenvalue weighted by Gasteiger charge is -2.16. The van der Waals surface area contributed by atoms with Gasteiger partial charge < -0.3 is 9.30 Å². The van der Waals surface area contributed by atoms with Crippen LogP contribution in [-0.4, -0.2) is 13.7 Å². The molecule has 0 fully saturated rings. The van der Waals surface area contributed by atoms with Gasteiger partial charge in [-0.1, -0.05) is 60.7 Å². The number of rotatable bonds is 5. The van der Waals surface area contributed by atoms with E-state index in [4.69, 9.17) is 4.74 Å². The van der Waals surface area contributed by atoms with Crippen LogP contribution in [0.5, 0.6) is 0 Å². The Hall–Kier alpha value is -1.63. The Kier molecular flexibility index (Phi) is 4.94. The van der Waals surface area contributed by atoms with E-state index in [0.29, 0.717) is 6.61 Å². The molecular weight excluding hydrogens is 267 g/mol. The molecule has 0 spiro atoms. The molecule has 0 amide bonds. The first-order valence-corrected chi connectivity index (χ1v) is 8.32. The second-order valence-corrected chi connectivity index (χ2v) is 7.34. The van der Waals surface area contributed by atoms with E-state index in [1.54, 1.807) is 7.11 Å². The van der Waals surface area contributed by atoms with Crippen LogP contribution in [0.15, 0.2) is 72.1 Å². The smallest absolute Gasteiger partial charge is 0.164 e. The first kappa shape index (κ1) is 14.8. The largest absolute Gasteiger partial charge is 0.380 e. The average molecular weight is 286 g/mol. The summed E-state index contributed by atoms with van der Waals surface area (Å²) in [5.41, 5.74) is 0.975. The molecule has 104 valence electrons. The molecule has 0 unspecified atom stereocenters. The molecule has 0 aliphatic rings. The molecule has 0 heterocycles. The van der Waals surface area contributed by atoms with Crippen LogP contribution < -0.4 is 10.6 Å². The molecule has 0 aromatic heterocycles. The van der Waals surface area contributed by atoms with Crippen molar-refractivity contribution in [3.05, 3.63) is 72.1 Å². The molecule has 3 heteroatoms. The van der Waals surface area contributed by atoms with E-state index in [9.17, 15) is 4.57 Å². The van der Waals surface area contributed by atoms with Crippen LogP contribution in [0.1, 0.15) is 6.92 Å². The van der Waals surface area contributed by atoms with Gasteiger partial charge in [0.2, 0.25) is 0 Å². The predicted octanol–water partition coefficient (Wildman–Crippen LogP) is 3.55. The van der Waals surface area contributed by atoms with Gasteiger partial charge in [0.05, 0.1) is 6.61 Å². The topological polar surface area (TPSA) is 26.3 Å². The highest BCUT2D eigenvalue weighted by Gasteiger charge is 2.24. The SMILES string of the molecule is COC/C(C)=C\P(=O)(c1ccccc1)c1ccccc1. The summed E-state index contributed by atoms with van der Waals surface area (Å²) < 4.78 is 18.7. The van der Waals surface area contributed by atoms with Crippen LogP contribution in [0.3, 0.4) is 0 Å². The van der Waals surface area contributed by atoms with Crippen molar-refractivity contribution in [2.45, 2.75) is 6.92 Å². The number of methoxy groups -OCH3 is 1. The van der Waals surface area contributed by atoms with Crippen LogP contribution in [0.4, 0.5) is 0 Å². The van der Waals surface area contributed by atoms with Gasteiger partial charge in [-0.25, -0.2) is 0 Å². The number of hydrogen-bond donors (Lipinski definition) is 0. The molecule has 0 saturated carbocycles. The third-order valence-electron chi connectivity index (χ3n) is 3.05. The Bertz CT molecular complexity index is 574. The third kappa shape index (κ3) is 3.27. The molecule has 20 heavy (non-hydrogen) atoms. The molecule has 2 nitrogen and oxygen atoms in total. The van der Waals surface area contributed by atoms with Gasteiger partial charge in [-0.3, -0.25) is 0 Å². The van der Waals surface area contributed by atoms with E-state index in [0.717, 1.165) is 16.2 Å². The van der Waals surface area contributed by atoms with E-state index in [1.165, 1.54) is 0 Å². The second kappa shape index (κ2) is 6.69. The molecule has 2 aromatic rings. The summed E-state index contributed by atoms with van der Waals surface area (Å²) in [4.78, 5) is 0. The average Bonchev–Trinajstić information content (AvgIpc) is 2.49. The van der Waals surface area contributed by atoms with Crippen LogP contribution in [0.25, 0.3) is 0 Å². The molecule has 2 aromatic carbocycles. The Morgan fingerprint density at radius 1 is 1.00 bits per heavy atom. The fourth-order valence-electron chi connectivity index (χ4n) is 2.17. The lowest BCUT2D eigenvalue weighted by Crippen LogP contribution is -2.14. The Labute approximate surface area is 120 Å². The number of ether oxygens (including phenoxy) is 1. The predicted molar refractivity (Wildman–Crippen MR) is 85.4 cm³/mol. The molecule has 0 radical (unpaired) electrons. The van der Waals surface area contributed by atoms with Crippen LogP contribution >= 0.6 is 7.14 Å². The van der Waals surface area contributed by atoms with Crippen LogP contribution in [0, 0.1) is 0 Å². The van der Waals surface area contributed by atoms with Crippen molar-refractivity contribution in [3.63, 3.8) is 0 Å². The second-order valence-electron chi connectivity index (χ2n) is 4.74. The highest BCUT2D eigenvalue weighted by atomic mass is 31.2. The van der Waals surface area contributed by atoms with Crippen molar-refractivity contribution >= 4 is 17.8 Å². The van der Waals surface area contributed by atoms with Gasteiger partial charge in [0.25, 0.3) is 0 Å². The maximum Gasteiger partial charge on any atom is 0.164 e. The van der Waals surface area contributed by atoms with Crippen molar-refractivity contribution in [1.82, 2.24) is 0 Å². The molecule has 0 bridgehead atoms. The third-order valence-corrected chi connectivity index (χ3v) is 5.99. The van der Waals surface area contributed by atoms with Crippen molar-refractivity contribution in [1.29, 1.82) is 0 Å². The standard InChI is InChI=1S/C17H19O2P/c1-15(13-19-2)14-20(18,16-9-5-3-6-10-16)17-11-7-4-8-12-17/h3-12,14H,13H2,1-2H3/b15-14-. The minimum absolute atomic E-state index is 0.490. The Balaban J connectivity index is 2.56. The van der Waals surface area contributed by atoms with Crippen molar-refractivity contribution in [2.75, 3.05) is 13.7 Å². The lowest BCUT2D eigenvalue weighted by atomic mass is 10.4. The fraction of sp³-hybridized carbons (Fsp3) is 0.176. The highest BCUT2D eigenvalue weighted by Crippen LogP contribution is 2.45. The van der Waals surface area contributed by atoms with Crippen molar-refractivity contribution in [2.24, 2.45) is 0 Å². The maximum atomic E-state index is 13.6. The zero-order chi connectivity index (χ0) is 14.4. The molecule has 0 aliphatic carbocycles. The van der Waals surface area contributed by atoms with Gasteiger partial charge in [0.1, 0.15) is 0 Å². The zero-order valence-electron chi connectivity index (χ0n) is 11.8. The van der Waals surface area contributed by atoms with E-state index in [2.05, 4.69) is 0 Å². The molecule has 2 rings (SSSR count). The maximum absolute atomic E-state index is 13.6. The van der Waals surface area contributed by atoms with Crippen LogP contribution in [-0.2, 0) is 9.30 Å². The Morgan fingerprint density at radius 2 is 1.45 bits per heavy atom. The Morgan fingerprint density at radius 3 is 1.85 bits per heavy atom. The van der Waals surface area contributed by atoms with Gasteiger partial charge in [0, 0.05) is 17.7 Å². The van der Waals surface area contributed by atoms with Crippen LogP contribution in [0.2, 0.25) is 0 Å². The lowest BCUT2D eigenvalue weighted by molar-refractivity contribution is 0.226. The van der Waals surface area contributed by atoms with E-state index >= 15 is 0 Å². The summed E-state index contributed by atoms with van der Waals surface area (Å²) in [6.07, 6.45) is 0. The van der Waals surface area contributed by atoms with Gasteiger partial charge >= 0.3 is 0 Å². The van der Waals surface area contributed by atoms with Gasteiger partial charge in [-0.2, -0.15) is 0 Å². The molecular formula is C17H19O2P. The first-order valence-electron chi connectivity index (χ1n) is 6.55.